The molecular formula is C31H33N3O10S. The lowest BCUT2D eigenvalue weighted by molar-refractivity contribution is -0.270. The fraction of sp³-hybridized carbons (Fsp3) is 0.387. The Bertz CT molecular complexity index is 1610. The summed E-state index contributed by atoms with van der Waals surface area (Å²) in [6, 6.07) is 16.5. The molecular weight excluding hydrogens is 606 g/mol. The predicted molar refractivity (Wildman–Crippen MR) is 159 cm³/mol. The highest BCUT2D eigenvalue weighted by molar-refractivity contribution is 7.71. The summed E-state index contributed by atoms with van der Waals surface area (Å²) in [5.41, 5.74) is 1.85. The molecule has 0 spiro atoms. The molecule has 1 aromatic heterocycles. The Morgan fingerprint density at radius 1 is 0.822 bits per heavy atom. The van der Waals surface area contributed by atoms with Gasteiger partial charge >= 0.3 is 23.9 Å². The van der Waals surface area contributed by atoms with Crippen molar-refractivity contribution < 1.29 is 47.6 Å². The number of nitrogens with zero attached hydrogens (tertiary/aromatic N) is 3. The van der Waals surface area contributed by atoms with Gasteiger partial charge in [0, 0.05) is 45.2 Å². The Morgan fingerprint density at radius 2 is 1.42 bits per heavy atom. The fourth-order valence-corrected chi connectivity index (χ4v) is 5.17. The molecule has 5 atom stereocenters. The molecule has 1 fully saturated rings. The molecule has 2 heterocycles. The Morgan fingerprint density at radius 3 is 2.04 bits per heavy atom. The maximum atomic E-state index is 12.4. The Hall–Kier alpha value is -4.69. The van der Waals surface area contributed by atoms with Gasteiger partial charge in [0.15, 0.2) is 30.4 Å². The zero-order valence-corrected chi connectivity index (χ0v) is 26.1. The first-order valence-electron chi connectivity index (χ1n) is 14.0. The molecule has 1 aliphatic heterocycles. The van der Waals surface area contributed by atoms with Crippen molar-refractivity contribution in [1.29, 1.82) is 0 Å². The van der Waals surface area contributed by atoms with Gasteiger partial charge in [0.05, 0.1) is 12.8 Å². The monoisotopic (exact) mass is 639 g/mol. The number of carbonyl (C=O) groups is 4. The van der Waals surface area contributed by atoms with E-state index in [1.807, 2.05) is 54.6 Å². The van der Waals surface area contributed by atoms with E-state index < -0.39 is 61.1 Å². The lowest BCUT2D eigenvalue weighted by atomic mass is 9.97. The van der Waals surface area contributed by atoms with Gasteiger partial charge in [-0.25, -0.2) is 9.67 Å². The number of rotatable bonds is 10. The van der Waals surface area contributed by atoms with Crippen LogP contribution in [-0.4, -0.2) is 76.8 Å². The quantitative estimate of drug-likeness (QED) is 0.181. The minimum Gasteiger partial charge on any atom is -0.496 e. The minimum absolute atomic E-state index is 0.112. The highest BCUT2D eigenvalue weighted by Gasteiger charge is 2.53. The number of ether oxygens (including phenoxy) is 6. The van der Waals surface area contributed by atoms with E-state index in [0.717, 1.165) is 26.3 Å². The predicted octanol–water partition coefficient (Wildman–Crippen LogP) is 3.53. The van der Waals surface area contributed by atoms with Gasteiger partial charge in [-0.1, -0.05) is 60.7 Å². The smallest absolute Gasteiger partial charge is 0.303 e. The number of methoxy groups -OCH3 is 1. The van der Waals surface area contributed by atoms with Gasteiger partial charge in [0.1, 0.15) is 23.1 Å². The molecule has 1 aliphatic rings. The maximum Gasteiger partial charge on any atom is 0.303 e. The van der Waals surface area contributed by atoms with Gasteiger partial charge in [0.2, 0.25) is 0 Å². The van der Waals surface area contributed by atoms with Crippen molar-refractivity contribution in [2.45, 2.75) is 64.8 Å². The number of para-hydroxylation sites is 1. The molecule has 0 bridgehead atoms. The molecule has 238 valence electrons. The Balaban J connectivity index is 1.94. The SMILES string of the molecule is COc1ccccc1Cc1nc(-c2ccccc2)nn([C@@H]2O[C@H](COC(C)=O)[C@@H](OC(C)=O)[C@H](OC(C)=O)[C@H]2OC(C)=O)c1=S. The Labute approximate surface area is 264 Å². The van der Waals surface area contributed by atoms with Crippen molar-refractivity contribution in [3.63, 3.8) is 0 Å². The average Bonchev–Trinajstić information content (AvgIpc) is 2.99. The summed E-state index contributed by atoms with van der Waals surface area (Å²) in [4.78, 5) is 53.4. The van der Waals surface area contributed by atoms with Crippen molar-refractivity contribution in [2.75, 3.05) is 13.7 Å². The van der Waals surface area contributed by atoms with Crippen LogP contribution in [0.15, 0.2) is 54.6 Å². The first-order valence-corrected chi connectivity index (χ1v) is 14.4. The standard InChI is InChI=1S/C31H33N3O10S/c1-17(35)40-16-25-26(41-18(2)36)27(42-19(3)37)28(43-20(4)38)30(44-25)34-31(45)23(15-22-13-9-10-14-24(22)39-5)32-29(33-34)21-11-7-6-8-12-21/h6-14,25-28,30H,15-16H2,1-5H3/t25-,26-,27+,28-,30-/m1/s1. The highest BCUT2D eigenvalue weighted by Crippen LogP contribution is 2.35. The van der Waals surface area contributed by atoms with Gasteiger partial charge in [-0.3, -0.25) is 19.2 Å². The molecule has 2 aromatic carbocycles. The third-order valence-corrected chi connectivity index (χ3v) is 7.11. The minimum atomic E-state index is -1.41. The second-order valence-corrected chi connectivity index (χ2v) is 10.5. The summed E-state index contributed by atoms with van der Waals surface area (Å²) in [6.07, 6.45) is -6.44. The molecule has 0 saturated carbocycles. The van der Waals surface area contributed by atoms with Crippen molar-refractivity contribution in [1.82, 2.24) is 14.8 Å². The van der Waals surface area contributed by atoms with E-state index in [1.165, 1.54) is 11.6 Å². The van der Waals surface area contributed by atoms with Gasteiger partial charge in [-0.2, -0.15) is 0 Å². The number of esters is 4. The highest BCUT2D eigenvalue weighted by atomic mass is 32.1. The summed E-state index contributed by atoms with van der Waals surface area (Å²) in [5.74, 6) is -1.99. The van der Waals surface area contributed by atoms with Crippen LogP contribution in [0.1, 0.15) is 45.2 Å². The van der Waals surface area contributed by atoms with Crippen LogP contribution in [-0.2, 0) is 49.3 Å². The number of hydrogen-bond donors (Lipinski definition) is 0. The third kappa shape index (κ3) is 8.28. The van der Waals surface area contributed by atoms with Gasteiger partial charge in [-0.05, 0) is 6.07 Å². The molecule has 3 aromatic rings. The number of carbonyl (C=O) groups excluding carboxylic acids is 4. The van der Waals surface area contributed by atoms with E-state index >= 15 is 0 Å². The van der Waals surface area contributed by atoms with Crippen molar-refractivity contribution in [2.24, 2.45) is 0 Å². The van der Waals surface area contributed by atoms with Crippen molar-refractivity contribution in [3.8, 4) is 17.1 Å². The molecule has 0 unspecified atom stereocenters. The third-order valence-electron chi connectivity index (χ3n) is 6.69. The van der Waals surface area contributed by atoms with Crippen LogP contribution in [0.2, 0.25) is 0 Å². The molecule has 0 aliphatic carbocycles. The number of benzene rings is 2. The van der Waals surface area contributed by atoms with Crippen LogP contribution in [0, 0.1) is 4.64 Å². The number of aromatic nitrogens is 3. The second kappa shape index (κ2) is 14.9. The summed E-state index contributed by atoms with van der Waals surface area (Å²) in [5, 5.41) is 4.70. The van der Waals surface area contributed by atoms with E-state index in [4.69, 9.17) is 50.7 Å². The molecule has 45 heavy (non-hydrogen) atoms. The first-order chi connectivity index (χ1) is 21.5. The molecule has 0 N–H and O–H groups in total. The molecule has 1 saturated heterocycles. The van der Waals surface area contributed by atoms with Crippen molar-refractivity contribution >= 4 is 36.1 Å². The van der Waals surface area contributed by atoms with Crippen LogP contribution >= 0.6 is 12.2 Å². The molecule has 13 nitrogen and oxygen atoms in total. The van der Waals surface area contributed by atoms with E-state index in [0.29, 0.717) is 17.0 Å². The van der Waals surface area contributed by atoms with E-state index in [2.05, 4.69) is 0 Å². The summed E-state index contributed by atoms with van der Waals surface area (Å²) in [6.45, 7) is 4.26. The van der Waals surface area contributed by atoms with Crippen LogP contribution in [0.5, 0.6) is 5.75 Å². The van der Waals surface area contributed by atoms with Gasteiger partial charge in [0.25, 0.3) is 0 Å². The molecule has 0 radical (unpaired) electrons. The first kappa shape index (κ1) is 33.2. The zero-order chi connectivity index (χ0) is 32.7. The average molecular weight is 640 g/mol. The number of hydrogen-bond acceptors (Lipinski definition) is 13. The van der Waals surface area contributed by atoms with Crippen molar-refractivity contribution in [3.05, 3.63) is 70.5 Å². The summed E-state index contributed by atoms with van der Waals surface area (Å²) in [7, 11) is 1.56. The summed E-state index contributed by atoms with van der Waals surface area (Å²) < 4.78 is 35.3. The van der Waals surface area contributed by atoms with Crippen LogP contribution < -0.4 is 4.74 Å². The van der Waals surface area contributed by atoms with E-state index in [1.54, 1.807) is 7.11 Å². The molecule has 0 amide bonds. The largest absolute Gasteiger partial charge is 0.496 e. The Kier molecular flexibility index (Phi) is 11.0. The van der Waals surface area contributed by atoms with E-state index in [9.17, 15) is 19.2 Å². The lowest BCUT2D eigenvalue weighted by Crippen LogP contribution is -2.60. The molecule has 4 rings (SSSR count). The zero-order valence-electron chi connectivity index (χ0n) is 25.3. The molecule has 14 heteroatoms. The normalized spacial score (nSPS) is 20.9. The van der Waals surface area contributed by atoms with Gasteiger partial charge in [-0.15, -0.1) is 5.10 Å². The van der Waals surface area contributed by atoms with Crippen LogP contribution in [0.3, 0.4) is 0 Å². The lowest BCUT2D eigenvalue weighted by Gasteiger charge is -2.44. The van der Waals surface area contributed by atoms with Crippen LogP contribution in [0.25, 0.3) is 11.4 Å². The maximum absolute atomic E-state index is 12.4. The van der Waals surface area contributed by atoms with E-state index in [-0.39, 0.29) is 16.9 Å². The second-order valence-electron chi connectivity index (χ2n) is 10.1. The fourth-order valence-electron chi connectivity index (χ4n) is 4.91. The topological polar surface area (TPSA) is 154 Å². The van der Waals surface area contributed by atoms with Gasteiger partial charge < -0.3 is 28.4 Å². The summed E-state index contributed by atoms with van der Waals surface area (Å²) >= 11 is 5.90. The van der Waals surface area contributed by atoms with Crippen LogP contribution in [0.4, 0.5) is 0 Å².